The van der Waals surface area contributed by atoms with Gasteiger partial charge in [-0.3, -0.25) is 9.69 Å². The van der Waals surface area contributed by atoms with Gasteiger partial charge in [0.15, 0.2) is 11.5 Å². The van der Waals surface area contributed by atoms with Crippen molar-refractivity contribution in [3.05, 3.63) is 16.7 Å². The highest BCUT2D eigenvalue weighted by Crippen LogP contribution is 2.65. The van der Waals surface area contributed by atoms with E-state index in [0.29, 0.717) is 35.4 Å². The second-order valence-corrected chi connectivity index (χ2v) is 11.7. The number of ether oxygens (including phenoxy) is 1. The molecule has 0 radical (unpaired) electrons. The first-order valence-corrected chi connectivity index (χ1v) is 13.4. The van der Waals surface area contributed by atoms with Crippen molar-refractivity contribution in [2.75, 3.05) is 25.0 Å². The average Bonchev–Trinajstić information content (AvgIpc) is 3.57. The maximum Gasteiger partial charge on any atom is 0.221 e. The number of carbonyl (C=O) groups excluding carboxylic acids is 1. The van der Waals surface area contributed by atoms with E-state index in [2.05, 4.69) is 15.5 Å². The molecule has 3 N–H and O–H groups in total. The summed E-state index contributed by atoms with van der Waals surface area (Å²) >= 11 is 0. The lowest BCUT2D eigenvalue weighted by atomic mass is 9.51. The number of aromatic hydroxyl groups is 1. The Hall–Kier alpha value is -1.79. The molecular weight excluding hydrogens is 414 g/mol. The van der Waals surface area contributed by atoms with Crippen LogP contribution in [0.5, 0.6) is 11.5 Å². The van der Waals surface area contributed by atoms with Crippen LogP contribution in [0, 0.1) is 11.8 Å². The molecule has 6 nitrogen and oxygen atoms in total. The number of rotatable bonds is 4. The summed E-state index contributed by atoms with van der Waals surface area (Å²) in [6.07, 6.45) is 12.0. The lowest BCUT2D eigenvalue weighted by molar-refractivity contribution is -0.114. The van der Waals surface area contributed by atoms with Gasteiger partial charge >= 0.3 is 0 Å². The van der Waals surface area contributed by atoms with Crippen molar-refractivity contribution >= 4 is 11.6 Å². The Labute approximate surface area is 196 Å². The minimum Gasteiger partial charge on any atom is -0.503 e. The van der Waals surface area contributed by atoms with E-state index in [0.717, 1.165) is 25.8 Å². The van der Waals surface area contributed by atoms with Crippen LogP contribution in [0.3, 0.4) is 0 Å². The van der Waals surface area contributed by atoms with Crippen molar-refractivity contribution in [2.24, 2.45) is 11.8 Å². The summed E-state index contributed by atoms with van der Waals surface area (Å²) in [7, 11) is 0. The number of phenols is 1. The van der Waals surface area contributed by atoms with Crippen LogP contribution in [0.25, 0.3) is 0 Å². The largest absolute Gasteiger partial charge is 0.503 e. The van der Waals surface area contributed by atoms with Gasteiger partial charge in [-0.1, -0.05) is 6.42 Å². The number of piperidine rings is 2. The standard InChI is InChI=1S/C27H37N3O3/c1-15(31)29-23-18(13-16-5-6-16)17-14-20-19-7-8-21(30-11-3-2-4-12-30)26-27(19,9-10-28-20)22(17)25(33-26)24(23)32/h16,19-21,26,28,32H,2-14H2,1H3,(H,29,31)/t19-,20+,21+,26-,27-/m0/s1. The van der Waals surface area contributed by atoms with Crippen LogP contribution in [-0.4, -0.2) is 53.7 Å². The number of nitrogens with one attached hydrogen (secondary N) is 2. The van der Waals surface area contributed by atoms with Gasteiger partial charge in [0, 0.05) is 30.0 Å². The lowest BCUT2D eigenvalue weighted by Gasteiger charge is -2.58. The molecule has 3 aliphatic heterocycles. The third kappa shape index (κ3) is 2.89. The van der Waals surface area contributed by atoms with Crippen LogP contribution in [-0.2, 0) is 23.1 Å². The lowest BCUT2D eigenvalue weighted by Crippen LogP contribution is -2.68. The number of likely N-dealkylation sites (tertiary alicyclic amines) is 1. The predicted octanol–water partition coefficient (Wildman–Crippen LogP) is 3.48. The van der Waals surface area contributed by atoms with Gasteiger partial charge in [0.1, 0.15) is 6.10 Å². The van der Waals surface area contributed by atoms with E-state index in [4.69, 9.17) is 4.74 Å². The molecular formula is C27H37N3O3. The third-order valence-electron chi connectivity index (χ3n) is 9.85. The molecule has 0 aromatic heterocycles. The number of phenolic OH excluding ortho intramolecular Hbond substituents is 1. The Kier molecular flexibility index (Phi) is 4.58. The van der Waals surface area contributed by atoms with E-state index >= 15 is 0 Å². The molecule has 6 heteroatoms. The SMILES string of the molecule is CC(=O)Nc1c(O)c2c3c(c1CC1CC1)C[C@H]1NCC[C@]34[C@H]1CC[C@@H](N1CCCCC1)[C@@H]4O2. The Morgan fingerprint density at radius 1 is 1.21 bits per heavy atom. The summed E-state index contributed by atoms with van der Waals surface area (Å²) in [5.74, 6) is 2.02. The summed E-state index contributed by atoms with van der Waals surface area (Å²) in [6.45, 7) is 4.91. The van der Waals surface area contributed by atoms with E-state index in [1.807, 2.05) is 0 Å². The molecule has 3 heterocycles. The monoisotopic (exact) mass is 451 g/mol. The Morgan fingerprint density at radius 2 is 2.03 bits per heavy atom. The Bertz CT molecular complexity index is 999. The topological polar surface area (TPSA) is 73.8 Å². The number of nitrogens with zero attached hydrogens (tertiary/aromatic N) is 1. The molecule has 1 spiro atoms. The first kappa shape index (κ1) is 20.6. The van der Waals surface area contributed by atoms with Gasteiger partial charge in [-0.2, -0.15) is 0 Å². The smallest absolute Gasteiger partial charge is 0.221 e. The van der Waals surface area contributed by atoms with Gasteiger partial charge < -0.3 is 20.5 Å². The highest BCUT2D eigenvalue weighted by molar-refractivity contribution is 5.93. The van der Waals surface area contributed by atoms with Gasteiger partial charge in [0.2, 0.25) is 5.91 Å². The van der Waals surface area contributed by atoms with Crippen molar-refractivity contribution in [3.8, 4) is 11.5 Å². The normalized spacial score (nSPS) is 36.8. The van der Waals surface area contributed by atoms with E-state index in [1.54, 1.807) is 0 Å². The molecule has 33 heavy (non-hydrogen) atoms. The van der Waals surface area contributed by atoms with Crippen LogP contribution < -0.4 is 15.4 Å². The first-order valence-electron chi connectivity index (χ1n) is 13.4. The zero-order chi connectivity index (χ0) is 22.3. The minimum absolute atomic E-state index is 0.00370. The summed E-state index contributed by atoms with van der Waals surface area (Å²) in [4.78, 5) is 14.9. The fourth-order valence-electron chi connectivity index (χ4n) is 8.42. The average molecular weight is 452 g/mol. The number of carbonyl (C=O) groups is 1. The van der Waals surface area contributed by atoms with Crippen molar-refractivity contribution in [1.29, 1.82) is 0 Å². The first-order chi connectivity index (χ1) is 16.1. The fourth-order valence-corrected chi connectivity index (χ4v) is 8.42. The zero-order valence-corrected chi connectivity index (χ0v) is 19.8. The molecule has 2 saturated carbocycles. The maximum atomic E-state index is 12.2. The molecule has 4 fully saturated rings. The van der Waals surface area contributed by atoms with Crippen molar-refractivity contribution in [1.82, 2.24) is 10.2 Å². The van der Waals surface area contributed by atoms with Crippen LogP contribution in [0.4, 0.5) is 5.69 Å². The summed E-state index contributed by atoms with van der Waals surface area (Å²) in [6, 6.07) is 0.896. The fraction of sp³-hybridized carbons (Fsp3) is 0.741. The van der Waals surface area contributed by atoms with Crippen LogP contribution in [0.15, 0.2) is 0 Å². The van der Waals surface area contributed by atoms with Gasteiger partial charge in [0.05, 0.1) is 5.69 Å². The van der Waals surface area contributed by atoms with Crippen molar-refractivity contribution < 1.29 is 14.6 Å². The number of hydrogen-bond donors (Lipinski definition) is 3. The second-order valence-electron chi connectivity index (χ2n) is 11.7. The molecule has 1 amide bonds. The van der Waals surface area contributed by atoms with Crippen LogP contribution in [0.2, 0.25) is 0 Å². The van der Waals surface area contributed by atoms with E-state index in [9.17, 15) is 9.90 Å². The van der Waals surface area contributed by atoms with Crippen LogP contribution >= 0.6 is 0 Å². The molecule has 1 aromatic rings. The molecule has 1 aromatic carbocycles. The van der Waals surface area contributed by atoms with Crippen molar-refractivity contribution in [2.45, 2.75) is 94.7 Å². The number of amides is 1. The predicted molar refractivity (Wildman–Crippen MR) is 127 cm³/mol. The van der Waals surface area contributed by atoms with Crippen LogP contribution in [0.1, 0.15) is 75.0 Å². The molecule has 3 aliphatic carbocycles. The maximum absolute atomic E-state index is 12.2. The van der Waals surface area contributed by atoms with Gasteiger partial charge in [-0.15, -0.1) is 0 Å². The Morgan fingerprint density at radius 3 is 2.79 bits per heavy atom. The third-order valence-corrected chi connectivity index (χ3v) is 9.85. The Balaban J connectivity index is 1.41. The van der Waals surface area contributed by atoms with Gasteiger partial charge in [-0.05, 0) is 100 Å². The quantitative estimate of drug-likeness (QED) is 0.611. The van der Waals surface area contributed by atoms with Gasteiger partial charge in [-0.25, -0.2) is 0 Å². The number of anilines is 1. The molecule has 0 unspecified atom stereocenters. The zero-order valence-electron chi connectivity index (χ0n) is 19.8. The molecule has 2 saturated heterocycles. The summed E-state index contributed by atoms with van der Waals surface area (Å²) < 4.78 is 6.90. The van der Waals surface area contributed by atoms with Crippen molar-refractivity contribution in [3.63, 3.8) is 0 Å². The molecule has 5 atom stereocenters. The van der Waals surface area contributed by atoms with E-state index < -0.39 is 0 Å². The molecule has 2 bridgehead atoms. The van der Waals surface area contributed by atoms with E-state index in [-0.39, 0.29) is 23.2 Å². The molecule has 7 rings (SSSR count). The minimum atomic E-state index is -0.124. The van der Waals surface area contributed by atoms with E-state index in [1.165, 1.54) is 81.6 Å². The highest BCUT2D eigenvalue weighted by Gasteiger charge is 2.65. The molecule has 178 valence electrons. The number of benzene rings is 1. The number of hydrogen-bond acceptors (Lipinski definition) is 5. The highest BCUT2D eigenvalue weighted by atomic mass is 16.5. The summed E-state index contributed by atoms with van der Waals surface area (Å²) in [5, 5.41) is 18.5. The molecule has 6 aliphatic rings. The van der Waals surface area contributed by atoms with Gasteiger partial charge in [0.25, 0.3) is 0 Å². The second kappa shape index (κ2) is 7.35. The summed E-state index contributed by atoms with van der Waals surface area (Å²) in [5.41, 5.74) is 4.54.